The van der Waals surface area contributed by atoms with Gasteiger partial charge in [0, 0.05) is 6.42 Å². The van der Waals surface area contributed by atoms with Crippen molar-refractivity contribution in [2.45, 2.75) is 312 Å². The third-order valence-electron chi connectivity index (χ3n) is 15.9. The maximum Gasteiger partial charge on any atom is 0.220 e. The van der Waals surface area contributed by atoms with E-state index >= 15 is 0 Å². The summed E-state index contributed by atoms with van der Waals surface area (Å²) in [5.41, 5.74) is 0. The van der Waals surface area contributed by atoms with Crippen molar-refractivity contribution in [3.8, 4) is 0 Å². The first-order valence-electron chi connectivity index (χ1n) is 34.3. The first kappa shape index (κ1) is 79.5. The Balaban J connectivity index is 1.61. The van der Waals surface area contributed by atoms with Crippen LogP contribution >= 0.6 is 0 Å². The van der Waals surface area contributed by atoms with Gasteiger partial charge in [-0.2, -0.15) is 0 Å². The van der Waals surface area contributed by atoms with Crippen LogP contribution in [0.4, 0.5) is 0 Å². The quantitative estimate of drug-likeness (QED) is 0.0204. The summed E-state index contributed by atoms with van der Waals surface area (Å²) < 4.78 is 22.8. The molecule has 0 saturated carbocycles. The van der Waals surface area contributed by atoms with Gasteiger partial charge in [-0.15, -0.1) is 0 Å². The maximum atomic E-state index is 13.3. The number of hydrogen-bond donors (Lipinski definition) is 9. The molecule has 12 atom stereocenters. The van der Waals surface area contributed by atoms with Crippen molar-refractivity contribution < 1.29 is 64.6 Å². The lowest BCUT2D eigenvalue weighted by Crippen LogP contribution is -2.65. The zero-order chi connectivity index (χ0) is 63.1. The minimum absolute atomic E-state index is 0.254. The fraction of sp³-hybridized carbons (Fsp3) is 0.712. The lowest BCUT2D eigenvalue weighted by Gasteiger charge is -2.46. The van der Waals surface area contributed by atoms with Crippen molar-refractivity contribution in [1.82, 2.24) is 5.32 Å². The van der Waals surface area contributed by atoms with Gasteiger partial charge in [0.2, 0.25) is 5.91 Å². The highest BCUT2D eigenvalue weighted by Gasteiger charge is 2.51. The number of amides is 1. The van der Waals surface area contributed by atoms with Gasteiger partial charge in [0.15, 0.2) is 12.6 Å². The van der Waals surface area contributed by atoms with Crippen molar-refractivity contribution >= 4 is 5.91 Å². The fourth-order valence-electron chi connectivity index (χ4n) is 10.4. The lowest BCUT2D eigenvalue weighted by atomic mass is 9.97. The van der Waals surface area contributed by atoms with E-state index in [0.717, 1.165) is 89.9 Å². The van der Waals surface area contributed by atoms with Crippen LogP contribution in [0.25, 0.3) is 0 Å². The maximum absolute atomic E-state index is 13.3. The predicted molar refractivity (Wildman–Crippen MR) is 355 cm³/mol. The van der Waals surface area contributed by atoms with Crippen LogP contribution in [0.15, 0.2) is 122 Å². The number of unbranched alkanes of at least 4 members (excludes halogenated alkanes) is 23. The Bertz CT molecular complexity index is 1920. The zero-order valence-electron chi connectivity index (χ0n) is 54.0. The molecular formula is C73H123NO13. The average molecular weight is 1220 g/mol. The summed E-state index contributed by atoms with van der Waals surface area (Å²) >= 11 is 0. The summed E-state index contributed by atoms with van der Waals surface area (Å²) in [5.74, 6) is -0.254. The molecule has 2 saturated heterocycles. The van der Waals surface area contributed by atoms with Gasteiger partial charge < -0.3 is 65.1 Å². The number of aliphatic hydroxyl groups is 8. The summed E-state index contributed by atoms with van der Waals surface area (Å²) in [6.07, 6.45) is 65.5. The van der Waals surface area contributed by atoms with Gasteiger partial charge in [0.1, 0.15) is 48.8 Å². The van der Waals surface area contributed by atoms with Crippen molar-refractivity contribution in [1.29, 1.82) is 0 Å². The van der Waals surface area contributed by atoms with E-state index in [0.29, 0.717) is 12.8 Å². The Labute approximate surface area is 527 Å². The number of hydrogen-bond acceptors (Lipinski definition) is 13. The molecule has 0 aromatic rings. The van der Waals surface area contributed by atoms with Gasteiger partial charge in [-0.3, -0.25) is 4.79 Å². The Morgan fingerprint density at radius 3 is 1.26 bits per heavy atom. The molecule has 0 radical (unpaired) electrons. The highest BCUT2D eigenvalue weighted by atomic mass is 16.7. The van der Waals surface area contributed by atoms with E-state index in [1.165, 1.54) is 116 Å². The van der Waals surface area contributed by atoms with Crippen LogP contribution in [0.1, 0.15) is 239 Å². The Kier molecular flexibility index (Phi) is 51.5. The van der Waals surface area contributed by atoms with Crippen LogP contribution in [-0.4, -0.2) is 140 Å². The predicted octanol–water partition coefficient (Wildman–Crippen LogP) is 13.7. The van der Waals surface area contributed by atoms with E-state index < -0.39 is 86.8 Å². The van der Waals surface area contributed by atoms with Crippen LogP contribution in [0.2, 0.25) is 0 Å². The number of nitrogens with one attached hydrogen (secondary N) is 1. The molecule has 2 rings (SSSR count). The second kappa shape index (κ2) is 56.4. The number of carbonyl (C=O) groups excluding carboxylic acids is 1. The number of rotatable bonds is 54. The molecule has 0 aromatic carbocycles. The van der Waals surface area contributed by atoms with Crippen LogP contribution in [0.3, 0.4) is 0 Å². The lowest BCUT2D eigenvalue weighted by molar-refractivity contribution is -0.359. The zero-order valence-corrected chi connectivity index (χ0v) is 54.0. The molecule has 0 aromatic heterocycles. The first-order chi connectivity index (χ1) is 42.6. The van der Waals surface area contributed by atoms with Gasteiger partial charge in [0.05, 0.1) is 32.0 Å². The molecular weight excluding hydrogens is 1100 g/mol. The van der Waals surface area contributed by atoms with Gasteiger partial charge in [-0.25, -0.2) is 0 Å². The molecule has 2 aliphatic rings. The summed E-state index contributed by atoms with van der Waals surface area (Å²) in [5, 5.41) is 87.2. The van der Waals surface area contributed by atoms with E-state index in [1.54, 1.807) is 6.08 Å². The normalized spacial score (nSPS) is 24.1. The summed E-state index contributed by atoms with van der Waals surface area (Å²) in [4.78, 5) is 13.3. The topological polar surface area (TPSA) is 228 Å². The molecule has 14 heteroatoms. The van der Waals surface area contributed by atoms with Crippen molar-refractivity contribution in [3.63, 3.8) is 0 Å². The average Bonchev–Trinajstić information content (AvgIpc) is 2.05. The van der Waals surface area contributed by atoms with Crippen molar-refractivity contribution in [3.05, 3.63) is 122 Å². The smallest absolute Gasteiger partial charge is 0.220 e. The van der Waals surface area contributed by atoms with E-state index in [2.05, 4.69) is 129 Å². The molecule has 87 heavy (non-hydrogen) atoms. The highest BCUT2D eigenvalue weighted by molar-refractivity contribution is 5.76. The molecule has 0 spiro atoms. The van der Waals surface area contributed by atoms with E-state index in [-0.39, 0.29) is 18.9 Å². The SMILES string of the molecule is CC/C=C\C/C=C\C/C=C\C/C=C\C/C=C\C/C=C\C/C=C\C/C=C\CCCCCCCCCCCCCCCCC(=O)NC(COC1OC(CO)C(OC2OC(CO)C(O)C(O)C2O)C(O)C1O)C(O)/C=C/CC/C=C/CCCCCCCCCC. The molecule has 0 aliphatic carbocycles. The Morgan fingerprint density at radius 2 is 0.805 bits per heavy atom. The monoisotopic (exact) mass is 1220 g/mol. The third-order valence-corrected chi connectivity index (χ3v) is 15.9. The molecule has 12 unspecified atom stereocenters. The third kappa shape index (κ3) is 40.7. The first-order valence-corrected chi connectivity index (χ1v) is 34.3. The Morgan fingerprint density at radius 1 is 0.425 bits per heavy atom. The highest BCUT2D eigenvalue weighted by Crippen LogP contribution is 2.30. The van der Waals surface area contributed by atoms with Gasteiger partial charge in [-0.05, 0) is 96.3 Å². The molecule has 1 amide bonds. The molecule has 2 fully saturated rings. The number of ether oxygens (including phenoxy) is 4. The molecule has 9 N–H and O–H groups in total. The fourth-order valence-corrected chi connectivity index (χ4v) is 10.4. The summed E-state index contributed by atoms with van der Waals surface area (Å²) in [6.45, 7) is 2.65. The second-order valence-corrected chi connectivity index (χ2v) is 23.6. The standard InChI is InChI=1S/C73H123NO13/c1-3-5-7-9-11-13-15-17-19-20-21-22-23-24-25-26-27-28-29-30-31-32-33-34-35-36-37-38-39-40-41-42-43-45-47-49-51-53-55-57-65(78)74-61(62(77)56-54-52-50-48-46-44-18-16-14-12-10-8-6-4-2)60-84-72-70(83)68(81)71(64(59-76)86-72)87-73-69(82)67(80)66(79)63(58-75)85-73/h5,7,11,13,17,19,21-22,24-25,27-28,30-31,33-34,46,48,54,56,61-64,66-73,75-77,79-83H,3-4,6,8-10,12,14-16,18,20,23,26,29,32,35-45,47,49-53,55,57-60H2,1-2H3,(H,74,78)/b7-5-,13-11-,19-17-,22-21-,25-24-,28-27-,31-30-,34-33-,48-46+,56-54+. The van der Waals surface area contributed by atoms with Crippen LogP contribution in [0.5, 0.6) is 0 Å². The van der Waals surface area contributed by atoms with Gasteiger partial charge in [0.25, 0.3) is 0 Å². The van der Waals surface area contributed by atoms with Crippen molar-refractivity contribution in [2.75, 3.05) is 19.8 Å². The molecule has 498 valence electrons. The second-order valence-electron chi connectivity index (χ2n) is 23.6. The largest absolute Gasteiger partial charge is 0.394 e. The van der Waals surface area contributed by atoms with Gasteiger partial charge in [-0.1, -0.05) is 257 Å². The Hall–Kier alpha value is -3.61. The number of aliphatic hydroxyl groups excluding tert-OH is 8. The minimum atomic E-state index is -1.80. The van der Waals surface area contributed by atoms with E-state index in [1.807, 2.05) is 6.08 Å². The minimum Gasteiger partial charge on any atom is -0.394 e. The van der Waals surface area contributed by atoms with E-state index in [4.69, 9.17) is 18.9 Å². The van der Waals surface area contributed by atoms with Crippen LogP contribution in [-0.2, 0) is 23.7 Å². The number of carbonyl (C=O) groups is 1. The van der Waals surface area contributed by atoms with Crippen molar-refractivity contribution in [2.24, 2.45) is 0 Å². The molecule has 2 heterocycles. The van der Waals surface area contributed by atoms with E-state index in [9.17, 15) is 45.6 Å². The number of allylic oxidation sites excluding steroid dienone is 19. The molecule has 0 bridgehead atoms. The van der Waals surface area contributed by atoms with Crippen LogP contribution < -0.4 is 5.32 Å². The van der Waals surface area contributed by atoms with Crippen LogP contribution in [0, 0.1) is 0 Å². The molecule has 2 aliphatic heterocycles. The molecule has 14 nitrogen and oxygen atoms in total. The summed E-state index contributed by atoms with van der Waals surface area (Å²) in [6, 6.07) is -0.938. The van der Waals surface area contributed by atoms with Gasteiger partial charge >= 0.3 is 0 Å². The summed E-state index contributed by atoms with van der Waals surface area (Å²) in [7, 11) is 0.